The number of hydrogen-bond donors (Lipinski definition) is 2. The van der Waals surface area contributed by atoms with Gasteiger partial charge in [-0.1, -0.05) is 32.0 Å². The Hall–Kier alpha value is -0.930. The number of benzene rings is 1. The second-order valence-electron chi connectivity index (χ2n) is 9.72. The van der Waals surface area contributed by atoms with Gasteiger partial charge in [-0.25, -0.2) is 4.39 Å². The monoisotopic (exact) mass is 544 g/mol. The summed E-state index contributed by atoms with van der Waals surface area (Å²) in [6.45, 7) is 12.0. The van der Waals surface area contributed by atoms with E-state index in [0.29, 0.717) is 30.5 Å². The van der Waals surface area contributed by atoms with Crippen LogP contribution in [0.1, 0.15) is 45.6 Å². The molecule has 0 spiro atoms. The molecule has 7 heteroatoms. The number of nitrogens with one attached hydrogen (secondary N) is 2. The second-order valence-corrected chi connectivity index (χ2v) is 9.72. The van der Waals surface area contributed by atoms with Gasteiger partial charge in [0.25, 0.3) is 0 Å². The van der Waals surface area contributed by atoms with E-state index in [0.717, 1.165) is 63.6 Å². The van der Waals surface area contributed by atoms with Gasteiger partial charge in [-0.15, -0.1) is 24.0 Å². The standard InChI is InChI=1S/C24H37FN4O.HI/c1-4-26-23(28-21-19-11-14-30-22(19)24(21,2)3)27-15-17-9-12-29(13-10-17)16-18-7-5-6-8-20(18)25;/h5-8,17,19,21-22H,4,9-16H2,1-3H3,(H2,26,27,28);1H. The van der Waals surface area contributed by atoms with Gasteiger partial charge in [0.15, 0.2) is 5.96 Å². The zero-order valence-electron chi connectivity index (χ0n) is 19.1. The van der Waals surface area contributed by atoms with Gasteiger partial charge in [0.1, 0.15) is 5.82 Å². The SMILES string of the molecule is CCNC(=NCC1CCN(Cc2ccccc2F)CC1)NC1C2CCOC2C1(C)C.I. The van der Waals surface area contributed by atoms with Crippen LogP contribution in [-0.2, 0) is 11.3 Å². The van der Waals surface area contributed by atoms with E-state index in [1.165, 1.54) is 0 Å². The van der Waals surface area contributed by atoms with Crippen LogP contribution in [0.15, 0.2) is 29.3 Å². The maximum absolute atomic E-state index is 13.9. The molecule has 1 aliphatic carbocycles. The average Bonchev–Trinajstić information content (AvgIpc) is 3.20. The molecule has 1 aromatic rings. The van der Waals surface area contributed by atoms with E-state index in [9.17, 15) is 4.39 Å². The molecule has 1 saturated carbocycles. The van der Waals surface area contributed by atoms with Crippen molar-refractivity contribution in [2.24, 2.45) is 22.2 Å². The first kappa shape index (κ1) is 24.7. The first-order valence-electron chi connectivity index (χ1n) is 11.6. The molecule has 3 fully saturated rings. The third kappa shape index (κ3) is 5.53. The number of aliphatic imine (C=N–C) groups is 1. The first-order chi connectivity index (χ1) is 14.5. The summed E-state index contributed by atoms with van der Waals surface area (Å²) >= 11 is 0. The van der Waals surface area contributed by atoms with Gasteiger partial charge in [-0.3, -0.25) is 9.89 Å². The van der Waals surface area contributed by atoms with Crippen molar-refractivity contribution in [3.05, 3.63) is 35.6 Å². The van der Waals surface area contributed by atoms with Crippen LogP contribution >= 0.6 is 24.0 Å². The fraction of sp³-hybridized carbons (Fsp3) is 0.708. The van der Waals surface area contributed by atoms with Crippen molar-refractivity contribution >= 4 is 29.9 Å². The number of hydrogen-bond acceptors (Lipinski definition) is 3. The van der Waals surface area contributed by atoms with Gasteiger partial charge in [-0.05, 0) is 51.3 Å². The van der Waals surface area contributed by atoms with Crippen LogP contribution in [0.3, 0.4) is 0 Å². The molecule has 0 bridgehead atoms. The summed E-state index contributed by atoms with van der Waals surface area (Å²) < 4.78 is 19.8. The Bertz CT molecular complexity index is 751. The van der Waals surface area contributed by atoms with Crippen molar-refractivity contribution in [3.8, 4) is 0 Å². The highest BCUT2D eigenvalue weighted by molar-refractivity contribution is 14.0. The maximum atomic E-state index is 13.9. The molecule has 4 rings (SSSR count). The van der Waals surface area contributed by atoms with Crippen LogP contribution in [-0.4, -0.2) is 55.8 Å². The Morgan fingerprint density at radius 2 is 1.97 bits per heavy atom. The molecule has 2 aliphatic heterocycles. The molecule has 3 unspecified atom stereocenters. The van der Waals surface area contributed by atoms with Gasteiger partial charge in [0, 0.05) is 49.2 Å². The van der Waals surface area contributed by atoms with Crippen LogP contribution in [0.5, 0.6) is 0 Å². The molecule has 3 aliphatic rings. The molecule has 2 saturated heterocycles. The van der Waals surface area contributed by atoms with E-state index in [1.54, 1.807) is 12.1 Å². The minimum atomic E-state index is -0.0978. The quantitative estimate of drug-likeness (QED) is 0.323. The van der Waals surface area contributed by atoms with Gasteiger partial charge in [0.2, 0.25) is 0 Å². The van der Waals surface area contributed by atoms with Crippen molar-refractivity contribution in [2.75, 3.05) is 32.8 Å². The third-order valence-electron chi connectivity index (χ3n) is 7.30. The number of rotatable bonds is 6. The minimum absolute atomic E-state index is 0. The van der Waals surface area contributed by atoms with Gasteiger partial charge in [-0.2, -0.15) is 0 Å². The van der Waals surface area contributed by atoms with Crippen molar-refractivity contribution < 1.29 is 9.13 Å². The summed E-state index contributed by atoms with van der Waals surface area (Å²) in [4.78, 5) is 7.30. The zero-order chi connectivity index (χ0) is 21.1. The molecule has 5 nitrogen and oxygen atoms in total. The van der Waals surface area contributed by atoms with Gasteiger partial charge in [0.05, 0.1) is 6.10 Å². The van der Waals surface area contributed by atoms with E-state index in [-0.39, 0.29) is 35.2 Å². The number of ether oxygens (including phenoxy) is 1. The minimum Gasteiger partial charge on any atom is -0.377 e. The predicted octanol–water partition coefficient (Wildman–Crippen LogP) is 4.02. The molecule has 0 amide bonds. The summed E-state index contributed by atoms with van der Waals surface area (Å²) in [6, 6.07) is 7.53. The van der Waals surface area contributed by atoms with Crippen LogP contribution < -0.4 is 10.6 Å². The molecular formula is C24H38FIN4O. The maximum Gasteiger partial charge on any atom is 0.191 e. The Morgan fingerprint density at radius 3 is 2.68 bits per heavy atom. The summed E-state index contributed by atoms with van der Waals surface area (Å²) in [5, 5.41) is 7.14. The highest BCUT2D eigenvalue weighted by atomic mass is 127. The van der Waals surface area contributed by atoms with E-state index in [2.05, 4.69) is 36.3 Å². The van der Waals surface area contributed by atoms with Gasteiger partial charge >= 0.3 is 0 Å². The van der Waals surface area contributed by atoms with Crippen LogP contribution in [0.25, 0.3) is 0 Å². The highest BCUT2D eigenvalue weighted by Crippen LogP contribution is 2.52. The predicted molar refractivity (Wildman–Crippen MR) is 134 cm³/mol. The summed E-state index contributed by atoms with van der Waals surface area (Å²) in [5.41, 5.74) is 0.944. The molecule has 0 radical (unpaired) electrons. The topological polar surface area (TPSA) is 48.9 Å². The van der Waals surface area contributed by atoms with Crippen molar-refractivity contribution in [3.63, 3.8) is 0 Å². The van der Waals surface area contributed by atoms with Crippen LogP contribution in [0, 0.1) is 23.1 Å². The molecule has 0 aromatic heterocycles. The van der Waals surface area contributed by atoms with E-state index >= 15 is 0 Å². The largest absolute Gasteiger partial charge is 0.377 e. The Morgan fingerprint density at radius 1 is 1.23 bits per heavy atom. The lowest BCUT2D eigenvalue weighted by atomic mass is 9.57. The van der Waals surface area contributed by atoms with Crippen LogP contribution in [0.2, 0.25) is 0 Å². The molecule has 1 aromatic carbocycles. The molecule has 2 heterocycles. The number of guanidine groups is 1. The molecule has 31 heavy (non-hydrogen) atoms. The normalized spacial score (nSPS) is 28.4. The smallest absolute Gasteiger partial charge is 0.191 e. The zero-order valence-corrected chi connectivity index (χ0v) is 21.4. The lowest BCUT2D eigenvalue weighted by Gasteiger charge is -2.55. The van der Waals surface area contributed by atoms with Gasteiger partial charge < -0.3 is 15.4 Å². The molecule has 3 atom stereocenters. The Kier molecular flexibility index (Phi) is 8.60. The second kappa shape index (κ2) is 10.8. The fourth-order valence-corrected chi connectivity index (χ4v) is 5.50. The molecule has 2 N–H and O–H groups in total. The number of piperidine rings is 1. The van der Waals surface area contributed by atoms with Crippen molar-refractivity contribution in [1.82, 2.24) is 15.5 Å². The average molecular weight is 544 g/mol. The van der Waals surface area contributed by atoms with E-state index in [1.807, 2.05) is 12.1 Å². The van der Waals surface area contributed by atoms with E-state index in [4.69, 9.17) is 9.73 Å². The summed E-state index contributed by atoms with van der Waals surface area (Å²) in [6.07, 6.45) is 3.76. The number of fused-ring (bicyclic) bond motifs is 1. The number of nitrogens with zero attached hydrogens (tertiary/aromatic N) is 2. The summed E-state index contributed by atoms with van der Waals surface area (Å²) in [7, 11) is 0. The lowest BCUT2D eigenvalue weighted by Crippen LogP contribution is -2.68. The van der Waals surface area contributed by atoms with Crippen molar-refractivity contribution in [2.45, 2.75) is 58.7 Å². The molecular weight excluding hydrogens is 506 g/mol. The first-order valence-corrected chi connectivity index (χ1v) is 11.6. The Balaban J connectivity index is 0.00000272. The fourth-order valence-electron chi connectivity index (χ4n) is 5.50. The van der Waals surface area contributed by atoms with E-state index < -0.39 is 0 Å². The Labute approximate surface area is 203 Å². The number of likely N-dealkylation sites (tertiary alicyclic amines) is 1. The molecule has 174 valence electrons. The third-order valence-corrected chi connectivity index (χ3v) is 7.30. The van der Waals surface area contributed by atoms with Crippen LogP contribution in [0.4, 0.5) is 4.39 Å². The highest BCUT2D eigenvalue weighted by Gasteiger charge is 2.59. The van der Waals surface area contributed by atoms with Crippen molar-refractivity contribution in [1.29, 1.82) is 0 Å². The lowest BCUT2D eigenvalue weighted by molar-refractivity contribution is -0.106. The number of halogens is 2. The summed E-state index contributed by atoms with van der Waals surface area (Å²) in [5.74, 6) is 2.04.